The van der Waals surface area contributed by atoms with Crippen LogP contribution in [0.5, 0.6) is 0 Å². The van der Waals surface area contributed by atoms with Crippen molar-refractivity contribution < 1.29 is 0 Å². The van der Waals surface area contributed by atoms with Crippen molar-refractivity contribution >= 4 is 0 Å². The molecule has 1 heteroatoms. The van der Waals surface area contributed by atoms with Gasteiger partial charge in [0.05, 0.1) is 0 Å². The molecular weight excluding hydrogens is 170 g/mol. The van der Waals surface area contributed by atoms with Crippen molar-refractivity contribution in [3.63, 3.8) is 0 Å². The summed E-state index contributed by atoms with van der Waals surface area (Å²) in [6.45, 7) is 14.7. The van der Waals surface area contributed by atoms with Gasteiger partial charge in [-0.05, 0) is 37.8 Å². The maximum Gasteiger partial charge on any atom is 0.0410 e. The summed E-state index contributed by atoms with van der Waals surface area (Å²) < 4.78 is 0. The van der Waals surface area contributed by atoms with E-state index in [1.807, 2.05) is 13.8 Å². The molecule has 0 aliphatic carbocycles. The van der Waals surface area contributed by atoms with Crippen LogP contribution in [0, 0.1) is 20.8 Å². The topological polar surface area (TPSA) is 12.9 Å². The Kier molecular flexibility index (Phi) is 5.44. The van der Waals surface area contributed by atoms with E-state index in [-0.39, 0.29) is 0 Å². The zero-order valence-electron chi connectivity index (χ0n) is 10.6. The Morgan fingerprint density at radius 3 is 1.93 bits per heavy atom. The van der Waals surface area contributed by atoms with Crippen LogP contribution in [0.25, 0.3) is 0 Å². The fraction of sp³-hybridized carbons (Fsp3) is 0.615. The number of pyridine rings is 1. The molecule has 0 aliphatic heterocycles. The number of hydrogen-bond acceptors (Lipinski definition) is 1. The minimum atomic E-state index is 0.580. The highest BCUT2D eigenvalue weighted by molar-refractivity contribution is 5.30. The molecule has 0 spiro atoms. The lowest BCUT2D eigenvalue weighted by Gasteiger charge is -2.11. The Hall–Kier alpha value is -0.850. The molecule has 0 amide bonds. The van der Waals surface area contributed by atoms with Crippen molar-refractivity contribution in [1.29, 1.82) is 0 Å². The van der Waals surface area contributed by atoms with E-state index in [0.29, 0.717) is 5.92 Å². The van der Waals surface area contributed by atoms with Crippen LogP contribution in [0.2, 0.25) is 0 Å². The number of nitrogens with zero attached hydrogens (tertiary/aromatic N) is 1. The van der Waals surface area contributed by atoms with Crippen molar-refractivity contribution in [2.75, 3.05) is 0 Å². The molecule has 0 saturated carbocycles. The van der Waals surface area contributed by atoms with Gasteiger partial charge in [0.2, 0.25) is 0 Å². The van der Waals surface area contributed by atoms with Crippen LogP contribution in [0.3, 0.4) is 0 Å². The quantitative estimate of drug-likeness (QED) is 0.652. The average molecular weight is 193 g/mol. The van der Waals surface area contributed by atoms with Gasteiger partial charge in [-0.15, -0.1) is 0 Å². The molecule has 1 heterocycles. The molecule has 0 fully saturated rings. The van der Waals surface area contributed by atoms with E-state index in [0.717, 1.165) is 5.69 Å². The van der Waals surface area contributed by atoms with E-state index in [9.17, 15) is 0 Å². The van der Waals surface area contributed by atoms with Gasteiger partial charge in [-0.25, -0.2) is 0 Å². The summed E-state index contributed by atoms with van der Waals surface area (Å²) in [5.74, 6) is 0.580. The third kappa shape index (κ3) is 3.13. The fourth-order valence-electron chi connectivity index (χ4n) is 1.43. The zero-order valence-corrected chi connectivity index (χ0v) is 10.6. The minimum absolute atomic E-state index is 0.580. The second kappa shape index (κ2) is 5.79. The van der Waals surface area contributed by atoms with Gasteiger partial charge in [-0.3, -0.25) is 4.98 Å². The summed E-state index contributed by atoms with van der Waals surface area (Å²) in [7, 11) is 0. The molecule has 0 aromatic carbocycles. The van der Waals surface area contributed by atoms with E-state index in [1.54, 1.807) is 0 Å². The van der Waals surface area contributed by atoms with Gasteiger partial charge in [0.25, 0.3) is 0 Å². The predicted octanol–water partition coefficient (Wildman–Crippen LogP) is 4.16. The molecule has 1 rings (SSSR count). The van der Waals surface area contributed by atoms with Gasteiger partial charge in [-0.1, -0.05) is 33.8 Å². The number of aryl methyl sites for hydroxylation is 3. The van der Waals surface area contributed by atoms with E-state index < -0.39 is 0 Å². The van der Waals surface area contributed by atoms with Crippen molar-refractivity contribution in [3.8, 4) is 0 Å². The molecule has 0 aliphatic rings. The van der Waals surface area contributed by atoms with Crippen molar-refractivity contribution in [1.82, 2.24) is 4.98 Å². The predicted molar refractivity (Wildman–Crippen MR) is 63.9 cm³/mol. The lowest BCUT2D eigenvalue weighted by Crippen LogP contribution is -1.98. The number of hydrogen-bond donors (Lipinski definition) is 0. The van der Waals surface area contributed by atoms with Gasteiger partial charge in [0, 0.05) is 11.4 Å². The lowest BCUT2D eigenvalue weighted by atomic mass is 9.99. The second-order valence-electron chi connectivity index (χ2n) is 3.72. The Morgan fingerprint density at radius 1 is 1.00 bits per heavy atom. The Labute approximate surface area is 88.6 Å². The highest BCUT2D eigenvalue weighted by atomic mass is 14.7. The molecule has 1 aromatic rings. The highest BCUT2D eigenvalue weighted by Crippen LogP contribution is 2.19. The Balaban J connectivity index is 0.000000791. The summed E-state index contributed by atoms with van der Waals surface area (Å²) >= 11 is 0. The minimum Gasteiger partial charge on any atom is -0.258 e. The van der Waals surface area contributed by atoms with Crippen LogP contribution >= 0.6 is 0 Å². The van der Waals surface area contributed by atoms with Gasteiger partial charge in [0.1, 0.15) is 0 Å². The normalized spacial score (nSPS) is 9.71. The summed E-state index contributed by atoms with van der Waals surface area (Å²) in [6.07, 6.45) is 0. The molecule has 1 nitrogen and oxygen atoms in total. The summed E-state index contributed by atoms with van der Waals surface area (Å²) in [4.78, 5) is 4.49. The van der Waals surface area contributed by atoms with Crippen LogP contribution in [-0.2, 0) is 0 Å². The van der Waals surface area contributed by atoms with Gasteiger partial charge in [-0.2, -0.15) is 0 Å². The van der Waals surface area contributed by atoms with E-state index in [2.05, 4.69) is 45.7 Å². The average Bonchev–Trinajstić information content (AvgIpc) is 2.14. The summed E-state index contributed by atoms with van der Waals surface area (Å²) in [5.41, 5.74) is 4.99. The number of aromatic nitrogens is 1. The molecule has 80 valence electrons. The number of rotatable bonds is 1. The maximum atomic E-state index is 4.49. The summed E-state index contributed by atoms with van der Waals surface area (Å²) in [5, 5.41) is 0. The van der Waals surface area contributed by atoms with Crippen LogP contribution < -0.4 is 0 Å². The SMILES string of the molecule is CC.Cc1cc(C(C)C)c(C)nc1C. The van der Waals surface area contributed by atoms with Crippen molar-refractivity contribution in [2.24, 2.45) is 0 Å². The molecule has 0 unspecified atom stereocenters. The Morgan fingerprint density at radius 2 is 1.50 bits per heavy atom. The van der Waals surface area contributed by atoms with Gasteiger partial charge in [0.15, 0.2) is 0 Å². The second-order valence-corrected chi connectivity index (χ2v) is 3.72. The first-order valence-electron chi connectivity index (χ1n) is 5.47. The molecule has 14 heavy (non-hydrogen) atoms. The molecule has 0 atom stereocenters. The molecule has 1 aromatic heterocycles. The molecular formula is C13H23N. The molecule has 0 N–H and O–H groups in total. The smallest absolute Gasteiger partial charge is 0.0410 e. The van der Waals surface area contributed by atoms with Crippen LogP contribution in [0.1, 0.15) is 56.1 Å². The first kappa shape index (κ1) is 13.2. The largest absolute Gasteiger partial charge is 0.258 e. The molecule has 0 bridgehead atoms. The van der Waals surface area contributed by atoms with Crippen LogP contribution in [-0.4, -0.2) is 4.98 Å². The lowest BCUT2D eigenvalue weighted by molar-refractivity contribution is 0.835. The maximum absolute atomic E-state index is 4.49. The first-order chi connectivity index (χ1) is 6.52. The van der Waals surface area contributed by atoms with Crippen molar-refractivity contribution in [2.45, 2.75) is 54.4 Å². The standard InChI is InChI=1S/C11H17N.C2H6/c1-7(2)11-6-8(3)9(4)12-10(11)5;1-2/h6-7H,1-5H3;1-2H3. The molecule has 0 saturated heterocycles. The van der Waals surface area contributed by atoms with E-state index >= 15 is 0 Å². The molecule has 0 radical (unpaired) electrons. The fourth-order valence-corrected chi connectivity index (χ4v) is 1.43. The van der Waals surface area contributed by atoms with Crippen LogP contribution in [0.15, 0.2) is 6.07 Å². The van der Waals surface area contributed by atoms with Gasteiger partial charge < -0.3 is 0 Å². The van der Waals surface area contributed by atoms with Crippen molar-refractivity contribution in [3.05, 3.63) is 28.6 Å². The van der Waals surface area contributed by atoms with E-state index in [1.165, 1.54) is 16.8 Å². The van der Waals surface area contributed by atoms with E-state index in [4.69, 9.17) is 0 Å². The van der Waals surface area contributed by atoms with Crippen LogP contribution in [0.4, 0.5) is 0 Å². The Bertz CT molecular complexity index is 288. The third-order valence-electron chi connectivity index (χ3n) is 2.32. The zero-order chi connectivity index (χ0) is 11.3. The summed E-state index contributed by atoms with van der Waals surface area (Å²) in [6, 6.07) is 2.25. The monoisotopic (exact) mass is 193 g/mol. The first-order valence-corrected chi connectivity index (χ1v) is 5.47. The van der Waals surface area contributed by atoms with Gasteiger partial charge >= 0.3 is 0 Å². The third-order valence-corrected chi connectivity index (χ3v) is 2.32. The highest BCUT2D eigenvalue weighted by Gasteiger charge is 2.05.